The molecule has 2 rings (SSSR count). The first kappa shape index (κ1) is 13.8. The second kappa shape index (κ2) is 6.52. The molecule has 4 nitrogen and oxygen atoms in total. The van der Waals surface area contributed by atoms with E-state index < -0.39 is 4.92 Å². The summed E-state index contributed by atoms with van der Waals surface area (Å²) < 4.78 is 5.69. The van der Waals surface area contributed by atoms with Crippen LogP contribution in [0, 0.1) is 17.0 Å². The Hall–Kier alpha value is -2.62. The number of hydrogen-bond donors (Lipinski definition) is 0. The zero-order valence-corrected chi connectivity index (χ0v) is 11.2. The second-order valence-electron chi connectivity index (χ2n) is 4.45. The molecule has 0 unspecified atom stereocenters. The molecule has 0 saturated heterocycles. The summed E-state index contributed by atoms with van der Waals surface area (Å²) in [6.07, 6.45) is 2.36. The molecule has 0 aliphatic carbocycles. The highest BCUT2D eigenvalue weighted by Gasteiger charge is 1.98. The minimum Gasteiger partial charge on any atom is -0.489 e. The number of ether oxygens (including phenoxy) is 1. The fourth-order valence-corrected chi connectivity index (χ4v) is 1.82. The number of aryl methyl sites for hydroxylation is 1. The highest BCUT2D eigenvalue weighted by molar-refractivity contribution is 5.50. The molecule has 0 heterocycles. The van der Waals surface area contributed by atoms with Crippen molar-refractivity contribution >= 4 is 6.08 Å². The first-order chi connectivity index (χ1) is 9.63. The van der Waals surface area contributed by atoms with Crippen LogP contribution >= 0.6 is 0 Å². The number of nitro groups is 1. The van der Waals surface area contributed by atoms with Gasteiger partial charge in [0, 0.05) is 6.08 Å². The number of nitrogens with zero attached hydrogens (tertiary/aromatic N) is 1. The van der Waals surface area contributed by atoms with Crippen LogP contribution in [0.15, 0.2) is 54.7 Å². The van der Waals surface area contributed by atoms with E-state index >= 15 is 0 Å². The van der Waals surface area contributed by atoms with Crippen LogP contribution < -0.4 is 4.74 Å². The lowest BCUT2D eigenvalue weighted by Gasteiger charge is -2.07. The lowest BCUT2D eigenvalue weighted by molar-refractivity contribution is -0.400. The monoisotopic (exact) mass is 269 g/mol. The van der Waals surface area contributed by atoms with Gasteiger partial charge in [0.1, 0.15) is 12.4 Å². The Morgan fingerprint density at radius 2 is 2.00 bits per heavy atom. The maximum absolute atomic E-state index is 10.3. The van der Waals surface area contributed by atoms with Crippen LogP contribution in [-0.4, -0.2) is 4.92 Å². The molecule has 0 radical (unpaired) electrons. The second-order valence-corrected chi connectivity index (χ2v) is 4.45. The smallest absolute Gasteiger partial charge is 0.235 e. The van der Waals surface area contributed by atoms with Crippen LogP contribution in [0.1, 0.15) is 16.7 Å². The third kappa shape index (κ3) is 4.24. The molecule has 0 aliphatic rings. The normalized spacial score (nSPS) is 10.7. The van der Waals surface area contributed by atoms with Crippen LogP contribution in [0.2, 0.25) is 0 Å². The Morgan fingerprint density at radius 3 is 2.75 bits per heavy atom. The molecular formula is C16H15NO3. The summed E-state index contributed by atoms with van der Waals surface area (Å²) in [6.45, 7) is 2.51. The number of rotatable bonds is 5. The third-order valence-electron chi connectivity index (χ3n) is 2.73. The van der Waals surface area contributed by atoms with E-state index in [1.54, 1.807) is 12.1 Å². The molecule has 0 N–H and O–H groups in total. The minimum absolute atomic E-state index is 0.476. The van der Waals surface area contributed by atoms with Gasteiger partial charge in [-0.15, -0.1) is 0 Å². The van der Waals surface area contributed by atoms with E-state index in [-0.39, 0.29) is 0 Å². The molecule has 0 fully saturated rings. The summed E-state index contributed by atoms with van der Waals surface area (Å²) in [4.78, 5) is 9.80. The van der Waals surface area contributed by atoms with Crippen molar-refractivity contribution in [3.8, 4) is 5.75 Å². The van der Waals surface area contributed by atoms with Gasteiger partial charge in [0.25, 0.3) is 0 Å². The number of hydrogen-bond acceptors (Lipinski definition) is 3. The first-order valence-electron chi connectivity index (χ1n) is 6.23. The van der Waals surface area contributed by atoms with Crippen molar-refractivity contribution in [2.45, 2.75) is 13.5 Å². The van der Waals surface area contributed by atoms with Crippen LogP contribution in [0.4, 0.5) is 0 Å². The van der Waals surface area contributed by atoms with Crippen LogP contribution in [0.3, 0.4) is 0 Å². The minimum atomic E-state index is -0.486. The van der Waals surface area contributed by atoms with Crippen molar-refractivity contribution in [1.29, 1.82) is 0 Å². The van der Waals surface area contributed by atoms with E-state index in [0.29, 0.717) is 12.4 Å². The molecular weight excluding hydrogens is 254 g/mol. The maximum Gasteiger partial charge on any atom is 0.235 e. The highest BCUT2D eigenvalue weighted by Crippen LogP contribution is 2.16. The van der Waals surface area contributed by atoms with Crippen molar-refractivity contribution in [3.63, 3.8) is 0 Å². The SMILES string of the molecule is Cc1cccc(COc2cccc(/C=C/[N+](=O)[O-])c2)c1. The first-order valence-corrected chi connectivity index (χ1v) is 6.23. The van der Waals surface area contributed by atoms with Gasteiger partial charge in [-0.1, -0.05) is 42.0 Å². The fourth-order valence-electron chi connectivity index (χ4n) is 1.82. The molecule has 0 saturated carbocycles. The molecule has 4 heteroatoms. The predicted octanol–water partition coefficient (Wildman–Crippen LogP) is 3.82. The lowest BCUT2D eigenvalue weighted by Crippen LogP contribution is -1.95. The summed E-state index contributed by atoms with van der Waals surface area (Å²) in [5.74, 6) is 0.692. The van der Waals surface area contributed by atoms with Crippen molar-refractivity contribution in [2.75, 3.05) is 0 Å². The summed E-state index contributed by atoms with van der Waals surface area (Å²) in [5.41, 5.74) is 3.02. The molecule has 0 aromatic heterocycles. The van der Waals surface area contributed by atoms with E-state index in [2.05, 4.69) is 6.07 Å². The Bertz CT molecular complexity index is 635. The molecule has 2 aromatic rings. The van der Waals surface area contributed by atoms with Crippen molar-refractivity contribution < 1.29 is 9.66 Å². The van der Waals surface area contributed by atoms with Gasteiger partial charge in [-0.25, -0.2) is 0 Å². The van der Waals surface area contributed by atoms with Gasteiger partial charge in [0.15, 0.2) is 0 Å². The lowest BCUT2D eigenvalue weighted by atomic mass is 10.1. The largest absolute Gasteiger partial charge is 0.489 e. The molecule has 20 heavy (non-hydrogen) atoms. The van der Waals surface area contributed by atoms with Crippen molar-refractivity contribution in [3.05, 3.63) is 81.5 Å². The van der Waals surface area contributed by atoms with Gasteiger partial charge in [-0.2, -0.15) is 0 Å². The van der Waals surface area contributed by atoms with E-state index in [4.69, 9.17) is 4.74 Å². The summed E-state index contributed by atoms with van der Waals surface area (Å²) >= 11 is 0. The molecule has 0 amide bonds. The third-order valence-corrected chi connectivity index (χ3v) is 2.73. The average Bonchev–Trinajstić information content (AvgIpc) is 2.43. The van der Waals surface area contributed by atoms with Crippen LogP contribution in [0.25, 0.3) is 6.08 Å². The molecule has 2 aromatic carbocycles. The predicted molar refractivity (Wildman–Crippen MR) is 78.0 cm³/mol. The van der Waals surface area contributed by atoms with E-state index in [0.717, 1.165) is 17.3 Å². The van der Waals surface area contributed by atoms with Crippen molar-refractivity contribution in [2.24, 2.45) is 0 Å². The van der Waals surface area contributed by atoms with Gasteiger partial charge in [-0.05, 0) is 30.2 Å². The Kier molecular flexibility index (Phi) is 4.50. The molecule has 102 valence electrons. The van der Waals surface area contributed by atoms with Gasteiger partial charge >= 0.3 is 0 Å². The molecule has 0 spiro atoms. The van der Waals surface area contributed by atoms with Crippen LogP contribution in [-0.2, 0) is 6.61 Å². The Morgan fingerprint density at radius 1 is 1.20 bits per heavy atom. The highest BCUT2D eigenvalue weighted by atomic mass is 16.6. The zero-order chi connectivity index (χ0) is 14.4. The molecule has 0 aliphatic heterocycles. The molecule has 0 bridgehead atoms. The number of benzene rings is 2. The van der Waals surface area contributed by atoms with Gasteiger partial charge in [-0.3, -0.25) is 10.1 Å². The summed E-state index contributed by atoms with van der Waals surface area (Å²) in [6, 6.07) is 15.3. The van der Waals surface area contributed by atoms with Crippen molar-refractivity contribution in [1.82, 2.24) is 0 Å². The zero-order valence-electron chi connectivity index (χ0n) is 11.2. The Balaban J connectivity index is 2.03. The summed E-state index contributed by atoms with van der Waals surface area (Å²) in [5, 5.41) is 10.3. The average molecular weight is 269 g/mol. The van der Waals surface area contributed by atoms with Crippen LogP contribution in [0.5, 0.6) is 5.75 Å². The van der Waals surface area contributed by atoms with E-state index in [9.17, 15) is 10.1 Å². The van der Waals surface area contributed by atoms with Gasteiger partial charge < -0.3 is 4.74 Å². The Labute approximate surface area is 117 Å². The van der Waals surface area contributed by atoms with E-state index in [1.165, 1.54) is 11.6 Å². The quantitative estimate of drug-likeness (QED) is 0.612. The fraction of sp³-hybridized carbons (Fsp3) is 0.125. The molecule has 0 atom stereocenters. The van der Waals surface area contributed by atoms with E-state index in [1.807, 2.05) is 37.3 Å². The van der Waals surface area contributed by atoms with Gasteiger partial charge in [0.2, 0.25) is 6.20 Å². The standard InChI is InChI=1S/C16H15NO3/c1-13-4-2-6-15(10-13)12-20-16-7-3-5-14(11-16)8-9-17(18)19/h2-11H,12H2,1H3/b9-8+. The maximum atomic E-state index is 10.3. The van der Waals surface area contributed by atoms with Gasteiger partial charge in [0.05, 0.1) is 4.92 Å². The topological polar surface area (TPSA) is 52.4 Å². The summed E-state index contributed by atoms with van der Waals surface area (Å²) in [7, 11) is 0.